The molecule has 31 heavy (non-hydrogen) atoms. The standard InChI is InChI=1S/C24H19ClN2O4/c1-30-19-12-10-15(11-13-19)21-20-22(31-27(21)17-7-3-2-4-8-17)24(29)26(23(20)28)18-9-5-6-16(25)14-18/h2-14,20-22H,1H3/t20-,21-,22-/m1/s1. The number of imide groups is 1. The van der Waals surface area contributed by atoms with E-state index in [0.29, 0.717) is 16.5 Å². The maximum atomic E-state index is 13.5. The number of carbonyl (C=O) groups excluding carboxylic acids is 2. The number of carbonyl (C=O) groups is 2. The smallest absolute Gasteiger partial charge is 0.266 e. The summed E-state index contributed by atoms with van der Waals surface area (Å²) in [5.41, 5.74) is 2.07. The van der Waals surface area contributed by atoms with Gasteiger partial charge in [0.2, 0.25) is 5.91 Å². The summed E-state index contributed by atoms with van der Waals surface area (Å²) in [4.78, 5) is 34.1. The second-order valence-corrected chi connectivity index (χ2v) is 7.86. The highest BCUT2D eigenvalue weighted by atomic mass is 35.5. The minimum absolute atomic E-state index is 0.309. The van der Waals surface area contributed by atoms with Gasteiger partial charge in [-0.2, -0.15) is 0 Å². The van der Waals surface area contributed by atoms with Gasteiger partial charge in [0, 0.05) is 5.02 Å². The Hall–Kier alpha value is -3.35. The van der Waals surface area contributed by atoms with E-state index in [-0.39, 0.29) is 5.91 Å². The average molecular weight is 435 g/mol. The number of hydrogen-bond donors (Lipinski definition) is 0. The Labute approximate surface area is 184 Å². The van der Waals surface area contributed by atoms with E-state index < -0.39 is 24.0 Å². The number of nitrogens with zero attached hydrogens (tertiary/aromatic N) is 2. The summed E-state index contributed by atoms with van der Waals surface area (Å²) in [6.07, 6.45) is -0.918. The van der Waals surface area contributed by atoms with Crippen LogP contribution < -0.4 is 14.7 Å². The first-order valence-corrected chi connectivity index (χ1v) is 10.2. The largest absolute Gasteiger partial charge is 0.497 e. The van der Waals surface area contributed by atoms with Crippen LogP contribution in [0.2, 0.25) is 5.02 Å². The van der Waals surface area contributed by atoms with Crippen LogP contribution in [0, 0.1) is 5.92 Å². The summed E-state index contributed by atoms with van der Waals surface area (Å²) in [5, 5.41) is 2.12. The zero-order chi connectivity index (χ0) is 21.5. The van der Waals surface area contributed by atoms with Crippen molar-refractivity contribution in [3.63, 3.8) is 0 Å². The van der Waals surface area contributed by atoms with E-state index in [9.17, 15) is 9.59 Å². The SMILES string of the molecule is COc1ccc([C@@H]2[C@H]3C(=O)N(c4cccc(Cl)c4)C(=O)[C@@H]3ON2c2ccccc2)cc1. The van der Waals surface area contributed by atoms with Crippen molar-refractivity contribution < 1.29 is 19.2 Å². The highest BCUT2D eigenvalue weighted by Crippen LogP contribution is 2.47. The molecule has 0 bridgehead atoms. The Bertz CT molecular complexity index is 1140. The van der Waals surface area contributed by atoms with Gasteiger partial charge in [-0.25, -0.2) is 9.96 Å². The normalized spacial score (nSPS) is 22.7. The first-order valence-electron chi connectivity index (χ1n) is 9.87. The summed E-state index contributed by atoms with van der Waals surface area (Å²) in [5.74, 6) is -0.689. The van der Waals surface area contributed by atoms with Crippen LogP contribution in [0.15, 0.2) is 78.9 Å². The van der Waals surface area contributed by atoms with Crippen molar-refractivity contribution >= 4 is 34.8 Å². The van der Waals surface area contributed by atoms with Crippen molar-refractivity contribution in [3.8, 4) is 5.75 Å². The minimum atomic E-state index is -0.918. The minimum Gasteiger partial charge on any atom is -0.497 e. The number of halogens is 1. The fourth-order valence-electron chi connectivity index (χ4n) is 4.22. The van der Waals surface area contributed by atoms with E-state index in [4.69, 9.17) is 21.2 Å². The topological polar surface area (TPSA) is 59.1 Å². The van der Waals surface area contributed by atoms with Crippen LogP contribution in [-0.2, 0) is 14.4 Å². The lowest BCUT2D eigenvalue weighted by Gasteiger charge is -2.28. The molecule has 2 aliphatic heterocycles. The molecule has 0 spiro atoms. The van der Waals surface area contributed by atoms with E-state index in [2.05, 4.69) is 0 Å². The van der Waals surface area contributed by atoms with Crippen LogP contribution in [0.3, 0.4) is 0 Å². The molecule has 7 heteroatoms. The Morgan fingerprint density at radius 3 is 2.26 bits per heavy atom. The molecule has 0 saturated carbocycles. The molecule has 3 aromatic carbocycles. The molecule has 0 aromatic heterocycles. The quantitative estimate of drug-likeness (QED) is 0.570. The molecule has 2 saturated heterocycles. The maximum absolute atomic E-state index is 13.5. The van der Waals surface area contributed by atoms with Crippen LogP contribution in [0.5, 0.6) is 5.75 Å². The predicted octanol–water partition coefficient (Wildman–Crippen LogP) is 4.40. The molecular weight excluding hydrogens is 416 g/mol. The Kier molecular flexibility index (Phi) is 4.88. The van der Waals surface area contributed by atoms with Gasteiger partial charge in [-0.1, -0.05) is 48.0 Å². The van der Waals surface area contributed by atoms with E-state index in [1.165, 1.54) is 4.90 Å². The van der Waals surface area contributed by atoms with Crippen molar-refractivity contribution in [1.29, 1.82) is 0 Å². The molecule has 2 amide bonds. The first-order chi connectivity index (χ1) is 15.1. The third-order valence-electron chi connectivity index (χ3n) is 5.65. The second kappa shape index (κ2) is 7.72. The third-order valence-corrected chi connectivity index (χ3v) is 5.88. The number of hydroxylamine groups is 1. The number of para-hydroxylation sites is 1. The zero-order valence-electron chi connectivity index (χ0n) is 16.6. The van der Waals surface area contributed by atoms with Gasteiger partial charge in [-0.05, 0) is 48.0 Å². The van der Waals surface area contributed by atoms with Crippen LogP contribution in [0.25, 0.3) is 0 Å². The van der Waals surface area contributed by atoms with Crippen LogP contribution in [0.1, 0.15) is 11.6 Å². The van der Waals surface area contributed by atoms with Gasteiger partial charge in [0.15, 0.2) is 6.10 Å². The maximum Gasteiger partial charge on any atom is 0.266 e. The lowest BCUT2D eigenvalue weighted by atomic mass is 9.90. The molecule has 6 nitrogen and oxygen atoms in total. The Balaban J connectivity index is 1.58. The number of methoxy groups -OCH3 is 1. The molecule has 3 atom stereocenters. The number of benzene rings is 3. The monoisotopic (exact) mass is 434 g/mol. The first kappa shape index (κ1) is 19.6. The fourth-order valence-corrected chi connectivity index (χ4v) is 4.41. The molecule has 2 fully saturated rings. The van der Waals surface area contributed by atoms with E-state index >= 15 is 0 Å². The van der Waals surface area contributed by atoms with Gasteiger partial charge in [0.05, 0.1) is 24.5 Å². The van der Waals surface area contributed by atoms with Crippen LogP contribution in [0.4, 0.5) is 11.4 Å². The summed E-state index contributed by atoms with van der Waals surface area (Å²) in [6, 6.07) is 23.2. The number of rotatable bonds is 4. The highest BCUT2D eigenvalue weighted by molar-refractivity contribution is 6.31. The summed E-state index contributed by atoms with van der Waals surface area (Å²) >= 11 is 6.10. The van der Waals surface area contributed by atoms with Crippen molar-refractivity contribution in [3.05, 3.63) is 89.4 Å². The summed E-state index contributed by atoms with van der Waals surface area (Å²) in [6.45, 7) is 0. The molecule has 0 unspecified atom stereocenters. The van der Waals surface area contributed by atoms with Crippen molar-refractivity contribution in [1.82, 2.24) is 0 Å². The lowest BCUT2D eigenvalue weighted by molar-refractivity contribution is -0.126. The molecule has 0 N–H and O–H groups in total. The van der Waals surface area contributed by atoms with Crippen molar-refractivity contribution in [2.24, 2.45) is 5.92 Å². The molecular formula is C24H19ClN2O4. The van der Waals surface area contributed by atoms with Crippen molar-refractivity contribution in [2.75, 3.05) is 17.1 Å². The average Bonchev–Trinajstić information content (AvgIpc) is 3.30. The molecule has 5 rings (SSSR count). The van der Waals surface area contributed by atoms with E-state index in [1.54, 1.807) is 36.4 Å². The molecule has 2 aliphatic rings. The van der Waals surface area contributed by atoms with Gasteiger partial charge in [-0.3, -0.25) is 14.4 Å². The molecule has 0 aliphatic carbocycles. The second-order valence-electron chi connectivity index (χ2n) is 7.42. The summed E-state index contributed by atoms with van der Waals surface area (Å²) < 4.78 is 5.27. The van der Waals surface area contributed by atoms with E-state index in [0.717, 1.165) is 11.3 Å². The predicted molar refractivity (Wildman–Crippen MR) is 117 cm³/mol. The van der Waals surface area contributed by atoms with Crippen LogP contribution in [-0.4, -0.2) is 25.0 Å². The van der Waals surface area contributed by atoms with Gasteiger partial charge >= 0.3 is 0 Å². The number of fused-ring (bicyclic) bond motifs is 1. The van der Waals surface area contributed by atoms with Crippen LogP contribution >= 0.6 is 11.6 Å². The van der Waals surface area contributed by atoms with Gasteiger partial charge in [0.1, 0.15) is 11.7 Å². The van der Waals surface area contributed by atoms with Gasteiger partial charge in [-0.15, -0.1) is 0 Å². The number of anilines is 2. The molecule has 3 aromatic rings. The third kappa shape index (κ3) is 3.24. The number of ether oxygens (including phenoxy) is 1. The lowest BCUT2D eigenvalue weighted by Crippen LogP contribution is -2.37. The summed E-state index contributed by atoms with van der Waals surface area (Å²) in [7, 11) is 1.60. The number of hydrogen-bond acceptors (Lipinski definition) is 5. The van der Waals surface area contributed by atoms with Crippen molar-refractivity contribution in [2.45, 2.75) is 12.1 Å². The van der Waals surface area contributed by atoms with E-state index in [1.807, 2.05) is 54.6 Å². The number of amides is 2. The highest BCUT2D eigenvalue weighted by Gasteiger charge is 2.60. The van der Waals surface area contributed by atoms with Gasteiger partial charge < -0.3 is 4.74 Å². The fraction of sp³-hybridized carbons (Fsp3) is 0.167. The Morgan fingerprint density at radius 2 is 1.58 bits per heavy atom. The molecule has 2 heterocycles. The zero-order valence-corrected chi connectivity index (χ0v) is 17.4. The van der Waals surface area contributed by atoms with Gasteiger partial charge in [0.25, 0.3) is 5.91 Å². The Morgan fingerprint density at radius 1 is 0.871 bits per heavy atom. The molecule has 156 valence electrons. The molecule has 0 radical (unpaired) electrons.